The van der Waals surface area contributed by atoms with Crippen molar-refractivity contribution in [3.63, 3.8) is 0 Å². The predicted molar refractivity (Wildman–Crippen MR) is 83.5 cm³/mol. The minimum absolute atomic E-state index is 0.170. The Labute approximate surface area is 136 Å². The molecule has 0 aliphatic heterocycles. The first-order valence-electron chi connectivity index (χ1n) is 6.37. The highest BCUT2D eigenvalue weighted by atomic mass is 35.5. The van der Waals surface area contributed by atoms with E-state index in [-0.39, 0.29) is 23.5 Å². The van der Waals surface area contributed by atoms with E-state index in [2.05, 4.69) is 5.32 Å². The third-order valence-electron chi connectivity index (χ3n) is 2.67. The average Bonchev–Trinajstić information content (AvgIpc) is 2.49. The van der Waals surface area contributed by atoms with Gasteiger partial charge >= 0.3 is 0 Å². The Bertz CT molecular complexity index is 784. The number of amides is 1. The summed E-state index contributed by atoms with van der Waals surface area (Å²) in [6.45, 7) is 0. The quantitative estimate of drug-likeness (QED) is 0.660. The summed E-state index contributed by atoms with van der Waals surface area (Å²) in [5.74, 6) is 0.0448. The summed E-state index contributed by atoms with van der Waals surface area (Å²) in [6, 6.07) is 12.0. The molecule has 116 valence electrons. The van der Waals surface area contributed by atoms with Crippen LogP contribution in [0.3, 0.4) is 0 Å². The Kier molecular flexibility index (Phi) is 5.12. The lowest BCUT2D eigenvalue weighted by Gasteiger charge is -2.09. The SMILES string of the molecule is N#CCC(=O)Nc1cc(Oc2ccc(Cl)cc2)cc([N+](=O)[O-])c1. The summed E-state index contributed by atoms with van der Waals surface area (Å²) in [7, 11) is 0. The van der Waals surface area contributed by atoms with Crippen LogP contribution in [-0.4, -0.2) is 10.8 Å². The monoisotopic (exact) mass is 331 g/mol. The number of benzene rings is 2. The largest absolute Gasteiger partial charge is 0.457 e. The van der Waals surface area contributed by atoms with Crippen molar-refractivity contribution in [3.05, 3.63) is 57.6 Å². The molecule has 0 atom stereocenters. The zero-order valence-corrected chi connectivity index (χ0v) is 12.4. The van der Waals surface area contributed by atoms with Gasteiger partial charge in [-0.1, -0.05) is 11.6 Å². The first kappa shape index (κ1) is 16.3. The predicted octanol–water partition coefficient (Wildman–Crippen LogP) is 3.89. The zero-order chi connectivity index (χ0) is 16.8. The topological polar surface area (TPSA) is 105 Å². The van der Waals surface area contributed by atoms with Crippen molar-refractivity contribution in [1.82, 2.24) is 0 Å². The molecule has 2 aromatic rings. The lowest BCUT2D eigenvalue weighted by molar-refractivity contribution is -0.384. The van der Waals surface area contributed by atoms with Gasteiger partial charge in [0.05, 0.1) is 22.7 Å². The van der Waals surface area contributed by atoms with Gasteiger partial charge in [-0.25, -0.2) is 0 Å². The van der Waals surface area contributed by atoms with E-state index in [1.165, 1.54) is 18.2 Å². The summed E-state index contributed by atoms with van der Waals surface area (Å²) in [4.78, 5) is 21.8. The van der Waals surface area contributed by atoms with E-state index in [1.807, 2.05) is 0 Å². The Hall–Kier alpha value is -3.11. The number of carbonyl (C=O) groups excluding carboxylic acids is 1. The fourth-order valence-corrected chi connectivity index (χ4v) is 1.86. The second-order valence-electron chi connectivity index (χ2n) is 4.41. The molecule has 1 amide bonds. The van der Waals surface area contributed by atoms with Gasteiger partial charge < -0.3 is 10.1 Å². The van der Waals surface area contributed by atoms with Crippen molar-refractivity contribution in [2.75, 3.05) is 5.32 Å². The van der Waals surface area contributed by atoms with E-state index < -0.39 is 10.8 Å². The van der Waals surface area contributed by atoms with Gasteiger partial charge in [0, 0.05) is 17.2 Å². The smallest absolute Gasteiger partial charge is 0.275 e. The number of carbonyl (C=O) groups is 1. The molecule has 0 bridgehead atoms. The molecule has 0 spiro atoms. The maximum absolute atomic E-state index is 11.4. The highest BCUT2D eigenvalue weighted by Gasteiger charge is 2.13. The summed E-state index contributed by atoms with van der Waals surface area (Å²) in [5, 5.41) is 22.4. The maximum atomic E-state index is 11.4. The molecule has 0 fully saturated rings. The molecule has 2 aromatic carbocycles. The second kappa shape index (κ2) is 7.24. The number of non-ortho nitro benzene ring substituents is 1. The number of nitrogens with one attached hydrogen (secondary N) is 1. The van der Waals surface area contributed by atoms with Gasteiger partial charge in [-0.05, 0) is 24.3 Å². The van der Waals surface area contributed by atoms with Crippen LogP contribution in [0.1, 0.15) is 6.42 Å². The molecule has 2 rings (SSSR count). The van der Waals surface area contributed by atoms with Crippen LogP contribution in [0, 0.1) is 21.4 Å². The normalized spacial score (nSPS) is 9.74. The molecule has 1 N–H and O–H groups in total. The van der Waals surface area contributed by atoms with Crippen LogP contribution < -0.4 is 10.1 Å². The van der Waals surface area contributed by atoms with Crippen molar-refractivity contribution in [2.24, 2.45) is 0 Å². The maximum Gasteiger partial charge on any atom is 0.275 e. The van der Waals surface area contributed by atoms with E-state index in [0.29, 0.717) is 10.8 Å². The van der Waals surface area contributed by atoms with Gasteiger partial charge in [0.15, 0.2) is 0 Å². The Balaban J connectivity index is 2.29. The van der Waals surface area contributed by atoms with Gasteiger partial charge in [-0.3, -0.25) is 14.9 Å². The number of rotatable bonds is 5. The average molecular weight is 332 g/mol. The molecule has 0 aliphatic carbocycles. The zero-order valence-electron chi connectivity index (χ0n) is 11.7. The fourth-order valence-electron chi connectivity index (χ4n) is 1.74. The second-order valence-corrected chi connectivity index (χ2v) is 4.85. The molecule has 0 heterocycles. The van der Waals surface area contributed by atoms with E-state index >= 15 is 0 Å². The van der Waals surface area contributed by atoms with Crippen molar-refractivity contribution in [3.8, 4) is 17.6 Å². The lowest BCUT2D eigenvalue weighted by atomic mass is 10.2. The van der Waals surface area contributed by atoms with Crippen LogP contribution in [-0.2, 0) is 4.79 Å². The van der Waals surface area contributed by atoms with Crippen molar-refractivity contribution in [2.45, 2.75) is 6.42 Å². The van der Waals surface area contributed by atoms with E-state index in [9.17, 15) is 14.9 Å². The van der Waals surface area contributed by atoms with Gasteiger partial charge in [0.25, 0.3) is 5.69 Å². The van der Waals surface area contributed by atoms with Crippen molar-refractivity contribution in [1.29, 1.82) is 5.26 Å². The van der Waals surface area contributed by atoms with E-state index in [1.54, 1.807) is 30.3 Å². The molecular weight excluding hydrogens is 322 g/mol. The molecule has 0 saturated carbocycles. The van der Waals surface area contributed by atoms with E-state index in [0.717, 1.165) is 0 Å². The van der Waals surface area contributed by atoms with E-state index in [4.69, 9.17) is 21.6 Å². The molecule has 0 aliphatic rings. The number of anilines is 1. The molecule has 8 heteroatoms. The highest BCUT2D eigenvalue weighted by molar-refractivity contribution is 6.30. The van der Waals surface area contributed by atoms with Crippen LogP contribution in [0.4, 0.5) is 11.4 Å². The number of nitro benzene ring substituents is 1. The van der Waals surface area contributed by atoms with Gasteiger partial charge in [-0.15, -0.1) is 0 Å². The number of hydrogen-bond donors (Lipinski definition) is 1. The number of nitrogens with zero attached hydrogens (tertiary/aromatic N) is 2. The number of nitro groups is 1. The summed E-state index contributed by atoms with van der Waals surface area (Å²) in [5.41, 5.74) is -0.0767. The lowest BCUT2D eigenvalue weighted by Crippen LogP contribution is -2.10. The molecule has 0 unspecified atom stereocenters. The third-order valence-corrected chi connectivity index (χ3v) is 2.93. The van der Waals surface area contributed by atoms with Gasteiger partial charge in [0.1, 0.15) is 17.9 Å². The molecule has 23 heavy (non-hydrogen) atoms. The van der Waals surface area contributed by atoms with Crippen LogP contribution in [0.15, 0.2) is 42.5 Å². The molecule has 0 radical (unpaired) electrons. The number of ether oxygens (including phenoxy) is 1. The van der Waals surface area contributed by atoms with Crippen molar-refractivity contribution >= 4 is 28.9 Å². The van der Waals surface area contributed by atoms with Crippen LogP contribution >= 0.6 is 11.6 Å². The fraction of sp³-hybridized carbons (Fsp3) is 0.0667. The van der Waals surface area contributed by atoms with Crippen LogP contribution in [0.25, 0.3) is 0 Å². The summed E-state index contributed by atoms with van der Waals surface area (Å²) in [6.07, 6.45) is -0.351. The molecule has 0 saturated heterocycles. The standard InChI is InChI=1S/C15H10ClN3O4/c16-10-1-3-13(4-2-10)23-14-8-11(18-15(20)5-6-17)7-12(9-14)19(21)22/h1-4,7-9H,5H2,(H,18,20). The Morgan fingerprint density at radius 1 is 1.26 bits per heavy atom. The van der Waals surface area contributed by atoms with Crippen molar-refractivity contribution < 1.29 is 14.5 Å². The van der Waals surface area contributed by atoms with Gasteiger partial charge in [0.2, 0.25) is 5.91 Å². The van der Waals surface area contributed by atoms with Crippen LogP contribution in [0.2, 0.25) is 5.02 Å². The first-order valence-corrected chi connectivity index (χ1v) is 6.75. The Morgan fingerprint density at radius 2 is 1.96 bits per heavy atom. The minimum Gasteiger partial charge on any atom is -0.457 e. The summed E-state index contributed by atoms with van der Waals surface area (Å²) < 4.78 is 5.53. The Morgan fingerprint density at radius 3 is 2.57 bits per heavy atom. The minimum atomic E-state index is -0.603. The molecule has 0 aromatic heterocycles. The third kappa shape index (κ3) is 4.69. The molecular formula is C15H10ClN3O4. The summed E-state index contributed by atoms with van der Waals surface area (Å²) >= 11 is 5.77. The number of nitriles is 1. The van der Waals surface area contributed by atoms with Gasteiger partial charge in [-0.2, -0.15) is 5.26 Å². The number of halogens is 1. The molecule has 7 nitrogen and oxygen atoms in total. The number of hydrogen-bond acceptors (Lipinski definition) is 5. The first-order chi connectivity index (χ1) is 11.0. The highest BCUT2D eigenvalue weighted by Crippen LogP contribution is 2.30. The van der Waals surface area contributed by atoms with Crippen LogP contribution in [0.5, 0.6) is 11.5 Å².